The van der Waals surface area contributed by atoms with E-state index in [1.54, 1.807) is 0 Å². The number of aryl methyl sites for hydroxylation is 1. The van der Waals surface area contributed by atoms with Crippen LogP contribution in [0.1, 0.15) is 19.0 Å². The standard InChI is InChI=1S/C14H27N5/c1-3-5-19-13-16-12-14(19)11-15-4-6-18-9-7-17(2)8-10-18/h12-13,15H,3-11H2,1-2H3. The van der Waals surface area contributed by atoms with Crippen molar-refractivity contribution in [1.29, 1.82) is 0 Å². The molecule has 0 aromatic carbocycles. The van der Waals surface area contributed by atoms with Gasteiger partial charge in [0.1, 0.15) is 0 Å². The molecule has 2 heterocycles. The van der Waals surface area contributed by atoms with Crippen LogP contribution < -0.4 is 5.32 Å². The van der Waals surface area contributed by atoms with Crippen molar-refractivity contribution in [3.8, 4) is 0 Å². The molecule has 2 rings (SSSR count). The van der Waals surface area contributed by atoms with Crippen LogP contribution in [0.15, 0.2) is 12.5 Å². The van der Waals surface area contributed by atoms with Crippen LogP contribution in [0, 0.1) is 0 Å². The lowest BCUT2D eigenvalue weighted by molar-refractivity contribution is 0.154. The average molecular weight is 265 g/mol. The van der Waals surface area contributed by atoms with Gasteiger partial charge in [0.05, 0.1) is 12.0 Å². The Hall–Kier alpha value is -0.910. The van der Waals surface area contributed by atoms with E-state index in [4.69, 9.17) is 0 Å². The van der Waals surface area contributed by atoms with E-state index in [-0.39, 0.29) is 0 Å². The molecule has 0 saturated carbocycles. The van der Waals surface area contributed by atoms with Gasteiger partial charge in [-0.25, -0.2) is 4.98 Å². The van der Waals surface area contributed by atoms with Gasteiger partial charge in [-0.15, -0.1) is 0 Å². The number of rotatable bonds is 7. The number of hydrogen-bond acceptors (Lipinski definition) is 4. The minimum Gasteiger partial charge on any atom is -0.333 e. The lowest BCUT2D eigenvalue weighted by Crippen LogP contribution is -2.46. The fourth-order valence-corrected chi connectivity index (χ4v) is 2.46. The van der Waals surface area contributed by atoms with Crippen LogP contribution >= 0.6 is 0 Å². The third-order valence-electron chi connectivity index (χ3n) is 3.77. The summed E-state index contributed by atoms with van der Waals surface area (Å²) >= 11 is 0. The highest BCUT2D eigenvalue weighted by atomic mass is 15.2. The minimum absolute atomic E-state index is 0.924. The molecule has 1 aliphatic rings. The highest BCUT2D eigenvalue weighted by molar-refractivity contribution is 4.97. The molecule has 0 amide bonds. The van der Waals surface area contributed by atoms with Gasteiger partial charge in [-0.05, 0) is 13.5 Å². The molecule has 1 fully saturated rings. The highest BCUT2D eigenvalue weighted by Crippen LogP contribution is 2.01. The zero-order chi connectivity index (χ0) is 13.5. The molecule has 1 N–H and O–H groups in total. The topological polar surface area (TPSA) is 36.3 Å². The van der Waals surface area contributed by atoms with Crippen molar-refractivity contribution < 1.29 is 0 Å². The van der Waals surface area contributed by atoms with E-state index in [9.17, 15) is 0 Å². The monoisotopic (exact) mass is 265 g/mol. The van der Waals surface area contributed by atoms with Crippen molar-refractivity contribution >= 4 is 0 Å². The predicted molar refractivity (Wildman–Crippen MR) is 78.2 cm³/mol. The van der Waals surface area contributed by atoms with E-state index in [1.807, 2.05) is 12.5 Å². The molecule has 0 radical (unpaired) electrons. The normalized spacial score (nSPS) is 18.0. The van der Waals surface area contributed by atoms with Gasteiger partial charge >= 0.3 is 0 Å². The molecule has 1 aromatic heterocycles. The molecule has 108 valence electrons. The second kappa shape index (κ2) is 7.62. The summed E-state index contributed by atoms with van der Waals surface area (Å²) in [5.74, 6) is 0. The summed E-state index contributed by atoms with van der Waals surface area (Å²) in [5, 5.41) is 3.53. The van der Waals surface area contributed by atoms with Crippen molar-refractivity contribution in [3.05, 3.63) is 18.2 Å². The van der Waals surface area contributed by atoms with Crippen LogP contribution in [-0.4, -0.2) is 65.7 Å². The lowest BCUT2D eigenvalue weighted by atomic mass is 10.3. The molecule has 0 bridgehead atoms. The van der Waals surface area contributed by atoms with Gasteiger partial charge in [0.25, 0.3) is 0 Å². The van der Waals surface area contributed by atoms with Gasteiger partial charge in [0, 0.05) is 58.6 Å². The van der Waals surface area contributed by atoms with Crippen molar-refractivity contribution in [2.75, 3.05) is 46.3 Å². The summed E-state index contributed by atoms with van der Waals surface area (Å²) in [6.45, 7) is 11.2. The number of aromatic nitrogens is 2. The Balaban J connectivity index is 1.62. The van der Waals surface area contributed by atoms with E-state index in [2.05, 4.69) is 38.6 Å². The zero-order valence-electron chi connectivity index (χ0n) is 12.3. The summed E-state index contributed by atoms with van der Waals surface area (Å²) in [5.41, 5.74) is 1.29. The van der Waals surface area contributed by atoms with Crippen molar-refractivity contribution in [1.82, 2.24) is 24.7 Å². The maximum absolute atomic E-state index is 4.22. The summed E-state index contributed by atoms with van der Waals surface area (Å²) in [4.78, 5) is 9.16. The van der Waals surface area contributed by atoms with Crippen molar-refractivity contribution in [2.24, 2.45) is 0 Å². The summed E-state index contributed by atoms with van der Waals surface area (Å²) in [7, 11) is 2.20. The molecular formula is C14H27N5. The Bertz CT molecular complexity index is 354. The molecule has 1 aliphatic heterocycles. The first-order chi connectivity index (χ1) is 9.29. The second-order valence-electron chi connectivity index (χ2n) is 5.40. The fraction of sp³-hybridized carbons (Fsp3) is 0.786. The van der Waals surface area contributed by atoms with Gasteiger partial charge in [-0.2, -0.15) is 0 Å². The van der Waals surface area contributed by atoms with E-state index in [0.29, 0.717) is 0 Å². The molecule has 0 aliphatic carbocycles. The van der Waals surface area contributed by atoms with E-state index in [0.717, 1.165) is 32.6 Å². The first-order valence-corrected chi connectivity index (χ1v) is 7.40. The molecule has 1 aromatic rings. The van der Waals surface area contributed by atoms with E-state index in [1.165, 1.54) is 31.9 Å². The van der Waals surface area contributed by atoms with Crippen molar-refractivity contribution in [3.63, 3.8) is 0 Å². The number of piperazine rings is 1. The molecule has 0 spiro atoms. The smallest absolute Gasteiger partial charge is 0.0948 e. The third kappa shape index (κ3) is 4.60. The Morgan fingerprint density at radius 3 is 2.74 bits per heavy atom. The summed E-state index contributed by atoms with van der Waals surface area (Å²) < 4.78 is 2.24. The molecule has 0 unspecified atom stereocenters. The largest absolute Gasteiger partial charge is 0.333 e. The maximum atomic E-state index is 4.22. The highest BCUT2D eigenvalue weighted by Gasteiger charge is 2.12. The molecule has 5 heteroatoms. The van der Waals surface area contributed by atoms with Crippen LogP contribution in [0.3, 0.4) is 0 Å². The molecule has 19 heavy (non-hydrogen) atoms. The Morgan fingerprint density at radius 1 is 1.21 bits per heavy atom. The van der Waals surface area contributed by atoms with Crippen LogP contribution in [0.5, 0.6) is 0 Å². The van der Waals surface area contributed by atoms with Gasteiger partial charge < -0.3 is 14.8 Å². The fourth-order valence-electron chi connectivity index (χ4n) is 2.46. The van der Waals surface area contributed by atoms with E-state index >= 15 is 0 Å². The Kier molecular flexibility index (Phi) is 5.82. The lowest BCUT2D eigenvalue weighted by Gasteiger charge is -2.32. The minimum atomic E-state index is 0.924. The first-order valence-electron chi connectivity index (χ1n) is 7.40. The number of nitrogens with zero attached hydrogens (tertiary/aromatic N) is 4. The van der Waals surface area contributed by atoms with Gasteiger partial charge in [-0.1, -0.05) is 6.92 Å². The van der Waals surface area contributed by atoms with Crippen LogP contribution in [-0.2, 0) is 13.1 Å². The Morgan fingerprint density at radius 2 is 2.00 bits per heavy atom. The SMILES string of the molecule is CCCn1cncc1CNCCN1CCN(C)CC1. The quantitative estimate of drug-likeness (QED) is 0.734. The number of nitrogens with one attached hydrogen (secondary N) is 1. The Labute approximate surface area is 116 Å². The van der Waals surface area contributed by atoms with Gasteiger partial charge in [0.2, 0.25) is 0 Å². The molecule has 0 atom stereocenters. The number of imidazole rings is 1. The molecule has 1 saturated heterocycles. The zero-order valence-corrected chi connectivity index (χ0v) is 12.3. The molecular weight excluding hydrogens is 238 g/mol. The van der Waals surface area contributed by atoms with Crippen LogP contribution in [0.2, 0.25) is 0 Å². The summed E-state index contributed by atoms with van der Waals surface area (Å²) in [6, 6.07) is 0. The predicted octanol–water partition coefficient (Wildman–Crippen LogP) is 0.630. The third-order valence-corrected chi connectivity index (χ3v) is 3.77. The molecule has 5 nitrogen and oxygen atoms in total. The number of likely N-dealkylation sites (N-methyl/N-ethyl adjacent to an activating group) is 1. The average Bonchev–Trinajstić information content (AvgIpc) is 2.85. The maximum Gasteiger partial charge on any atom is 0.0948 e. The van der Waals surface area contributed by atoms with Crippen LogP contribution in [0.25, 0.3) is 0 Å². The summed E-state index contributed by atoms with van der Waals surface area (Å²) in [6.07, 6.45) is 5.06. The van der Waals surface area contributed by atoms with Gasteiger partial charge in [0.15, 0.2) is 0 Å². The second-order valence-corrected chi connectivity index (χ2v) is 5.40. The van der Waals surface area contributed by atoms with E-state index < -0.39 is 0 Å². The van der Waals surface area contributed by atoms with Crippen LogP contribution in [0.4, 0.5) is 0 Å². The number of hydrogen-bond donors (Lipinski definition) is 1. The van der Waals surface area contributed by atoms with Crippen molar-refractivity contribution in [2.45, 2.75) is 26.4 Å². The van der Waals surface area contributed by atoms with Gasteiger partial charge in [-0.3, -0.25) is 4.90 Å². The first kappa shape index (κ1) is 14.5.